The van der Waals surface area contributed by atoms with Crippen LogP contribution in [0.5, 0.6) is 0 Å². The van der Waals surface area contributed by atoms with Crippen LogP contribution >= 0.6 is 0 Å². The first-order chi connectivity index (χ1) is 12.6. The number of rotatable bonds is 3. The maximum absolute atomic E-state index is 9.97. The summed E-state index contributed by atoms with van der Waals surface area (Å²) in [4.78, 5) is 6.46. The lowest BCUT2D eigenvalue weighted by Gasteiger charge is -2.45. The second kappa shape index (κ2) is 7.00. The lowest BCUT2D eigenvalue weighted by atomic mass is 9.58. The maximum atomic E-state index is 9.97. The van der Waals surface area contributed by atoms with Gasteiger partial charge in [0.25, 0.3) is 0 Å². The fourth-order valence-electron chi connectivity index (χ4n) is 4.17. The molecule has 6 nitrogen and oxygen atoms in total. The summed E-state index contributed by atoms with van der Waals surface area (Å²) in [5.41, 5.74) is 6.67. The molecule has 0 fully saturated rings. The number of nitriles is 3. The van der Waals surface area contributed by atoms with Crippen molar-refractivity contribution in [3.63, 3.8) is 0 Å². The van der Waals surface area contributed by atoms with Gasteiger partial charge in [-0.05, 0) is 30.2 Å². The van der Waals surface area contributed by atoms with E-state index >= 15 is 0 Å². The molecule has 2 N–H and O–H groups in total. The maximum Gasteiger partial charge on any atom is 0.191 e. The highest BCUT2D eigenvalue weighted by Crippen LogP contribution is 2.53. The number of pyridine rings is 1. The molecule has 6 heteroatoms. The Morgan fingerprint density at radius 3 is 2.69 bits per heavy atom. The van der Waals surface area contributed by atoms with Gasteiger partial charge in [-0.25, -0.2) is 0 Å². The molecule has 3 rings (SSSR count). The van der Waals surface area contributed by atoms with Crippen molar-refractivity contribution in [2.45, 2.75) is 19.3 Å². The van der Waals surface area contributed by atoms with E-state index in [1.807, 2.05) is 12.1 Å². The molecule has 26 heavy (non-hydrogen) atoms. The molecule has 0 bridgehead atoms. The van der Waals surface area contributed by atoms with E-state index < -0.39 is 11.3 Å². The normalized spacial score (nSPS) is 24.6. The predicted octanol–water partition coefficient (Wildman–Crippen LogP) is 2.22. The van der Waals surface area contributed by atoms with E-state index in [2.05, 4.69) is 35.0 Å². The highest BCUT2D eigenvalue weighted by Gasteiger charge is 2.54. The minimum Gasteiger partial charge on any atom is -0.399 e. The molecule has 0 spiro atoms. The van der Waals surface area contributed by atoms with Crippen LogP contribution in [-0.4, -0.2) is 29.5 Å². The van der Waals surface area contributed by atoms with Gasteiger partial charge < -0.3 is 5.73 Å². The number of hydrogen-bond acceptors (Lipinski definition) is 6. The van der Waals surface area contributed by atoms with E-state index in [1.54, 1.807) is 18.5 Å². The SMILES string of the molecule is CCCN1CC=C2C(C#N)=C(N)C(C#N)(C#N)C(c3cccnc3)C2C1. The summed E-state index contributed by atoms with van der Waals surface area (Å²) in [6, 6.07) is 10.1. The van der Waals surface area contributed by atoms with E-state index in [1.165, 1.54) is 0 Å². The van der Waals surface area contributed by atoms with Crippen molar-refractivity contribution in [1.82, 2.24) is 9.88 Å². The van der Waals surface area contributed by atoms with Gasteiger partial charge in [0.2, 0.25) is 0 Å². The molecule has 2 unspecified atom stereocenters. The molecule has 1 aromatic rings. The summed E-state index contributed by atoms with van der Waals surface area (Å²) in [5.74, 6) is -0.616. The molecule has 2 aliphatic rings. The summed E-state index contributed by atoms with van der Waals surface area (Å²) >= 11 is 0. The Balaban J connectivity index is 2.26. The van der Waals surface area contributed by atoms with Crippen molar-refractivity contribution in [2.24, 2.45) is 17.1 Å². The lowest BCUT2D eigenvalue weighted by molar-refractivity contribution is 0.207. The molecule has 0 amide bonds. The Kier molecular flexibility index (Phi) is 4.76. The summed E-state index contributed by atoms with van der Waals surface area (Å²) in [7, 11) is 0. The largest absolute Gasteiger partial charge is 0.399 e. The smallest absolute Gasteiger partial charge is 0.191 e. The highest BCUT2D eigenvalue weighted by molar-refractivity contribution is 5.59. The van der Waals surface area contributed by atoms with Gasteiger partial charge in [-0.1, -0.05) is 19.1 Å². The minimum atomic E-state index is -1.58. The Bertz CT molecular complexity index is 864. The third-order valence-corrected chi connectivity index (χ3v) is 5.32. The molecule has 2 atom stereocenters. The Morgan fingerprint density at radius 1 is 1.35 bits per heavy atom. The molecule has 1 aliphatic heterocycles. The molecule has 1 aliphatic carbocycles. The van der Waals surface area contributed by atoms with Crippen LogP contribution in [0.2, 0.25) is 0 Å². The van der Waals surface area contributed by atoms with Crippen LogP contribution in [0.3, 0.4) is 0 Å². The summed E-state index contributed by atoms with van der Waals surface area (Å²) in [6.07, 6.45) is 6.39. The lowest BCUT2D eigenvalue weighted by Crippen LogP contribution is -2.48. The summed E-state index contributed by atoms with van der Waals surface area (Å²) in [6.45, 7) is 4.46. The van der Waals surface area contributed by atoms with E-state index in [0.29, 0.717) is 6.54 Å². The van der Waals surface area contributed by atoms with Crippen molar-refractivity contribution in [2.75, 3.05) is 19.6 Å². The number of nitrogens with two attached hydrogens (primary N) is 1. The standard InChI is InChI=1S/C20H20N6/c1-2-7-26-8-5-15-16(9-21)19(24)20(12-22,13-23)18(17(15)11-26)14-4-3-6-25-10-14/h3-6,10,17-18H,2,7-8,11,24H2,1H3. The van der Waals surface area contributed by atoms with Crippen molar-refractivity contribution in [3.8, 4) is 18.2 Å². The van der Waals surface area contributed by atoms with Crippen LogP contribution in [0.1, 0.15) is 24.8 Å². The molecular weight excluding hydrogens is 324 g/mol. The van der Waals surface area contributed by atoms with Crippen LogP contribution in [0.15, 0.2) is 47.4 Å². The average molecular weight is 344 g/mol. The fraction of sp³-hybridized carbons (Fsp3) is 0.400. The first-order valence-electron chi connectivity index (χ1n) is 8.68. The van der Waals surface area contributed by atoms with Crippen molar-refractivity contribution in [3.05, 3.63) is 53.0 Å². The van der Waals surface area contributed by atoms with Crippen LogP contribution in [0.4, 0.5) is 0 Å². The van der Waals surface area contributed by atoms with E-state index in [0.717, 1.165) is 30.6 Å². The van der Waals surface area contributed by atoms with E-state index in [9.17, 15) is 15.8 Å². The Labute approximate surface area is 153 Å². The first-order valence-corrected chi connectivity index (χ1v) is 8.68. The zero-order valence-electron chi connectivity index (χ0n) is 14.7. The van der Waals surface area contributed by atoms with Gasteiger partial charge in [0, 0.05) is 37.3 Å². The Morgan fingerprint density at radius 2 is 2.12 bits per heavy atom. The van der Waals surface area contributed by atoms with Crippen LogP contribution in [-0.2, 0) is 0 Å². The molecule has 0 saturated heterocycles. The average Bonchev–Trinajstić information content (AvgIpc) is 2.68. The number of allylic oxidation sites excluding steroid dienone is 2. The van der Waals surface area contributed by atoms with Crippen molar-refractivity contribution < 1.29 is 0 Å². The third-order valence-electron chi connectivity index (χ3n) is 5.32. The molecule has 0 radical (unpaired) electrons. The molecule has 130 valence electrons. The minimum absolute atomic E-state index is 0.0605. The van der Waals surface area contributed by atoms with Crippen LogP contribution in [0, 0.1) is 45.3 Å². The van der Waals surface area contributed by atoms with Gasteiger partial charge in [0.15, 0.2) is 5.41 Å². The highest BCUT2D eigenvalue weighted by atomic mass is 15.1. The zero-order valence-corrected chi connectivity index (χ0v) is 14.7. The van der Waals surface area contributed by atoms with Crippen LogP contribution in [0.25, 0.3) is 0 Å². The van der Waals surface area contributed by atoms with Crippen molar-refractivity contribution >= 4 is 0 Å². The van der Waals surface area contributed by atoms with E-state index in [-0.39, 0.29) is 17.2 Å². The van der Waals surface area contributed by atoms with Gasteiger partial charge in [-0.2, -0.15) is 15.8 Å². The third kappa shape index (κ3) is 2.54. The monoisotopic (exact) mass is 344 g/mol. The van der Waals surface area contributed by atoms with Gasteiger partial charge in [-0.3, -0.25) is 9.88 Å². The second-order valence-electron chi connectivity index (χ2n) is 6.72. The van der Waals surface area contributed by atoms with Gasteiger partial charge in [0.1, 0.15) is 6.07 Å². The van der Waals surface area contributed by atoms with Crippen LogP contribution < -0.4 is 5.73 Å². The number of nitrogens with zero attached hydrogens (tertiary/aromatic N) is 5. The second-order valence-corrected chi connectivity index (χ2v) is 6.72. The molecule has 0 aromatic carbocycles. The topological polar surface area (TPSA) is 114 Å². The quantitative estimate of drug-likeness (QED) is 0.899. The van der Waals surface area contributed by atoms with Gasteiger partial charge >= 0.3 is 0 Å². The number of hydrogen-bond donors (Lipinski definition) is 1. The van der Waals surface area contributed by atoms with Gasteiger partial charge in [-0.15, -0.1) is 0 Å². The Hall–Kier alpha value is -3.14. The fourth-order valence-corrected chi connectivity index (χ4v) is 4.17. The zero-order chi connectivity index (χ0) is 18.7. The first kappa shape index (κ1) is 17.7. The predicted molar refractivity (Wildman–Crippen MR) is 95.8 cm³/mol. The molecular formula is C20H20N6. The molecule has 2 heterocycles. The molecule has 1 aromatic heterocycles. The number of aromatic nitrogens is 1. The number of fused-ring (bicyclic) bond motifs is 1. The van der Waals surface area contributed by atoms with Crippen molar-refractivity contribution in [1.29, 1.82) is 15.8 Å². The summed E-state index contributed by atoms with van der Waals surface area (Å²) < 4.78 is 0. The van der Waals surface area contributed by atoms with E-state index in [4.69, 9.17) is 5.73 Å². The molecule has 0 saturated carbocycles. The summed E-state index contributed by atoms with van der Waals surface area (Å²) in [5, 5.41) is 29.6. The van der Waals surface area contributed by atoms with Gasteiger partial charge in [0.05, 0.1) is 23.4 Å².